The summed E-state index contributed by atoms with van der Waals surface area (Å²) in [5.41, 5.74) is 6.15. The summed E-state index contributed by atoms with van der Waals surface area (Å²) in [6.45, 7) is 13.4. The highest BCUT2D eigenvalue weighted by atomic mass is 15.2. The Morgan fingerprint density at radius 2 is 1.81 bits per heavy atom. The van der Waals surface area contributed by atoms with Crippen LogP contribution >= 0.6 is 0 Å². The summed E-state index contributed by atoms with van der Waals surface area (Å²) in [5.74, 6) is 1.45. The van der Waals surface area contributed by atoms with Crippen molar-refractivity contribution in [3.63, 3.8) is 0 Å². The highest BCUT2D eigenvalue weighted by molar-refractivity contribution is 4.78. The predicted molar refractivity (Wildman–Crippen MR) is 73.6 cm³/mol. The van der Waals surface area contributed by atoms with Crippen molar-refractivity contribution in [1.29, 1.82) is 0 Å². The molecule has 2 nitrogen and oxygen atoms in total. The van der Waals surface area contributed by atoms with Gasteiger partial charge >= 0.3 is 0 Å². The first-order valence-electron chi connectivity index (χ1n) is 6.74. The summed E-state index contributed by atoms with van der Waals surface area (Å²) in [7, 11) is 2.23. The van der Waals surface area contributed by atoms with E-state index in [-0.39, 0.29) is 0 Å². The van der Waals surface area contributed by atoms with E-state index >= 15 is 0 Å². The first-order valence-corrected chi connectivity index (χ1v) is 6.74. The zero-order chi connectivity index (χ0) is 12.8. The molecule has 0 aromatic carbocycles. The van der Waals surface area contributed by atoms with Crippen LogP contribution in [0.25, 0.3) is 0 Å². The van der Waals surface area contributed by atoms with E-state index < -0.39 is 0 Å². The first-order chi connectivity index (χ1) is 7.33. The van der Waals surface area contributed by atoms with Crippen molar-refractivity contribution in [2.75, 3.05) is 20.1 Å². The van der Waals surface area contributed by atoms with Crippen LogP contribution in [0.15, 0.2) is 0 Å². The molecule has 98 valence electrons. The molecule has 2 heteroatoms. The summed E-state index contributed by atoms with van der Waals surface area (Å²) >= 11 is 0. The smallest absolute Gasteiger partial charge is 0.0147 e. The van der Waals surface area contributed by atoms with Crippen molar-refractivity contribution in [3.8, 4) is 0 Å². The van der Waals surface area contributed by atoms with Crippen LogP contribution in [0.4, 0.5) is 0 Å². The van der Waals surface area contributed by atoms with Crippen molar-refractivity contribution < 1.29 is 0 Å². The lowest BCUT2D eigenvalue weighted by Crippen LogP contribution is -2.41. The Hall–Kier alpha value is -0.0800. The van der Waals surface area contributed by atoms with Crippen molar-refractivity contribution in [1.82, 2.24) is 4.90 Å². The Balaban J connectivity index is 4.01. The van der Waals surface area contributed by atoms with Crippen LogP contribution in [0.3, 0.4) is 0 Å². The molecule has 1 unspecified atom stereocenters. The average molecular weight is 228 g/mol. The summed E-state index contributed by atoms with van der Waals surface area (Å²) < 4.78 is 0. The molecule has 0 saturated heterocycles. The number of hydrogen-bond donors (Lipinski definition) is 1. The largest absolute Gasteiger partial charge is 0.330 e. The topological polar surface area (TPSA) is 29.3 Å². The summed E-state index contributed by atoms with van der Waals surface area (Å²) in [5, 5.41) is 0. The van der Waals surface area contributed by atoms with Crippen LogP contribution in [0.5, 0.6) is 0 Å². The second-order valence-corrected chi connectivity index (χ2v) is 6.11. The van der Waals surface area contributed by atoms with E-state index in [4.69, 9.17) is 5.73 Å². The average Bonchev–Trinajstić information content (AvgIpc) is 2.22. The highest BCUT2D eigenvalue weighted by Crippen LogP contribution is 2.20. The quantitative estimate of drug-likeness (QED) is 0.691. The molecule has 0 saturated carbocycles. The SMILES string of the molecule is CCC(C)(C)N(C)CCC(CN)CC(C)C. The third-order valence-electron chi connectivity index (χ3n) is 3.91. The molecule has 0 bridgehead atoms. The lowest BCUT2D eigenvalue weighted by molar-refractivity contribution is 0.139. The molecule has 0 radical (unpaired) electrons. The van der Waals surface area contributed by atoms with Crippen LogP contribution < -0.4 is 5.73 Å². The third-order valence-corrected chi connectivity index (χ3v) is 3.91. The van der Waals surface area contributed by atoms with Crippen LogP contribution in [0, 0.1) is 11.8 Å². The second kappa shape index (κ2) is 7.29. The van der Waals surface area contributed by atoms with Gasteiger partial charge in [-0.2, -0.15) is 0 Å². The zero-order valence-corrected chi connectivity index (χ0v) is 12.2. The monoisotopic (exact) mass is 228 g/mol. The molecule has 0 spiro atoms. The highest BCUT2D eigenvalue weighted by Gasteiger charge is 2.21. The Morgan fingerprint density at radius 1 is 1.25 bits per heavy atom. The molecule has 0 amide bonds. The number of nitrogens with two attached hydrogens (primary N) is 1. The van der Waals surface area contributed by atoms with E-state index in [0.29, 0.717) is 11.5 Å². The number of hydrogen-bond acceptors (Lipinski definition) is 2. The minimum atomic E-state index is 0.316. The lowest BCUT2D eigenvalue weighted by Gasteiger charge is -2.35. The molecule has 16 heavy (non-hydrogen) atoms. The molecular formula is C14H32N2. The lowest BCUT2D eigenvalue weighted by atomic mass is 9.93. The van der Waals surface area contributed by atoms with Gasteiger partial charge in [-0.25, -0.2) is 0 Å². The molecule has 0 rings (SSSR count). The van der Waals surface area contributed by atoms with E-state index in [1.165, 1.54) is 19.3 Å². The Labute approximate surface area is 103 Å². The maximum Gasteiger partial charge on any atom is 0.0147 e. The van der Waals surface area contributed by atoms with Gasteiger partial charge in [-0.1, -0.05) is 20.8 Å². The van der Waals surface area contributed by atoms with Gasteiger partial charge in [-0.3, -0.25) is 0 Å². The first kappa shape index (κ1) is 15.9. The van der Waals surface area contributed by atoms with Gasteiger partial charge in [0, 0.05) is 5.54 Å². The fraction of sp³-hybridized carbons (Fsp3) is 1.00. The van der Waals surface area contributed by atoms with Crippen LogP contribution in [0.2, 0.25) is 0 Å². The van der Waals surface area contributed by atoms with E-state index in [9.17, 15) is 0 Å². The van der Waals surface area contributed by atoms with Crippen molar-refractivity contribution in [2.45, 2.75) is 59.4 Å². The van der Waals surface area contributed by atoms with Gasteiger partial charge in [-0.15, -0.1) is 0 Å². The van der Waals surface area contributed by atoms with Crippen LogP contribution in [-0.2, 0) is 0 Å². The van der Waals surface area contributed by atoms with E-state index in [1.54, 1.807) is 0 Å². The maximum absolute atomic E-state index is 5.83. The van der Waals surface area contributed by atoms with Crippen molar-refractivity contribution in [2.24, 2.45) is 17.6 Å². The fourth-order valence-corrected chi connectivity index (χ4v) is 1.95. The Kier molecular flexibility index (Phi) is 7.25. The van der Waals surface area contributed by atoms with Crippen molar-refractivity contribution >= 4 is 0 Å². The molecular weight excluding hydrogens is 196 g/mol. The van der Waals surface area contributed by atoms with Gasteiger partial charge in [0.2, 0.25) is 0 Å². The van der Waals surface area contributed by atoms with Gasteiger partial charge in [0.05, 0.1) is 0 Å². The third kappa shape index (κ3) is 5.86. The summed E-state index contributed by atoms with van der Waals surface area (Å²) in [6, 6.07) is 0. The van der Waals surface area contributed by atoms with Crippen LogP contribution in [0.1, 0.15) is 53.9 Å². The Morgan fingerprint density at radius 3 is 2.19 bits per heavy atom. The fourth-order valence-electron chi connectivity index (χ4n) is 1.95. The molecule has 0 aliphatic rings. The summed E-state index contributed by atoms with van der Waals surface area (Å²) in [6.07, 6.45) is 3.69. The second-order valence-electron chi connectivity index (χ2n) is 6.11. The minimum Gasteiger partial charge on any atom is -0.330 e. The van der Waals surface area contributed by atoms with Gasteiger partial charge in [0.25, 0.3) is 0 Å². The predicted octanol–water partition coefficient (Wildman–Crippen LogP) is 3.12. The Bertz CT molecular complexity index is 176. The number of nitrogens with zero attached hydrogens (tertiary/aromatic N) is 1. The van der Waals surface area contributed by atoms with Gasteiger partial charge < -0.3 is 10.6 Å². The molecule has 0 heterocycles. The normalized spacial score (nSPS) is 14.8. The molecule has 0 fully saturated rings. The van der Waals surface area contributed by atoms with Gasteiger partial charge in [0.15, 0.2) is 0 Å². The van der Waals surface area contributed by atoms with Gasteiger partial charge in [-0.05, 0) is 65.1 Å². The maximum atomic E-state index is 5.83. The standard InChI is InChI=1S/C14H32N2/c1-7-14(4,5)16(6)9-8-13(11-15)10-12(2)3/h12-13H,7-11,15H2,1-6H3. The molecule has 0 aliphatic carbocycles. The van der Waals surface area contributed by atoms with E-state index in [1.807, 2.05) is 0 Å². The van der Waals surface area contributed by atoms with Crippen LogP contribution in [-0.4, -0.2) is 30.6 Å². The molecule has 0 aromatic rings. The van der Waals surface area contributed by atoms with Crippen molar-refractivity contribution in [3.05, 3.63) is 0 Å². The van der Waals surface area contributed by atoms with E-state index in [0.717, 1.165) is 19.0 Å². The number of rotatable bonds is 8. The molecule has 0 aliphatic heterocycles. The zero-order valence-electron chi connectivity index (χ0n) is 12.2. The molecule has 1 atom stereocenters. The van der Waals surface area contributed by atoms with E-state index in [2.05, 4.69) is 46.6 Å². The van der Waals surface area contributed by atoms with Gasteiger partial charge in [0.1, 0.15) is 0 Å². The minimum absolute atomic E-state index is 0.316. The summed E-state index contributed by atoms with van der Waals surface area (Å²) in [4.78, 5) is 2.47. The molecule has 2 N–H and O–H groups in total. The molecule has 0 aromatic heterocycles.